The molecule has 1 aromatic carbocycles. The number of benzene rings is 1. The maximum Gasteiger partial charge on any atom is 0.407 e. The summed E-state index contributed by atoms with van der Waals surface area (Å²) in [5.41, 5.74) is 2.79. The molecule has 1 amide bonds. The van der Waals surface area contributed by atoms with E-state index < -0.39 is 11.6 Å². The van der Waals surface area contributed by atoms with Crippen LogP contribution in [0.2, 0.25) is 0 Å². The van der Waals surface area contributed by atoms with Crippen molar-refractivity contribution in [1.82, 2.24) is 14.3 Å². The third kappa shape index (κ3) is 5.88. The van der Waals surface area contributed by atoms with Crippen molar-refractivity contribution in [3.63, 3.8) is 0 Å². The molecule has 0 bridgehead atoms. The van der Waals surface area contributed by atoms with Gasteiger partial charge in [0.2, 0.25) is 0 Å². The Bertz CT molecular complexity index is 1300. The van der Waals surface area contributed by atoms with Crippen LogP contribution in [0.25, 0.3) is 5.65 Å². The molecule has 2 aromatic heterocycles. The Labute approximate surface area is 217 Å². The smallest absolute Gasteiger partial charge is 0.407 e. The van der Waals surface area contributed by atoms with E-state index in [0.29, 0.717) is 50.9 Å². The predicted molar refractivity (Wildman–Crippen MR) is 146 cm³/mol. The van der Waals surface area contributed by atoms with Crippen molar-refractivity contribution >= 4 is 23.2 Å². The molecule has 1 aliphatic rings. The minimum absolute atomic E-state index is 0.125. The summed E-state index contributed by atoms with van der Waals surface area (Å²) in [7, 11) is 0. The van der Waals surface area contributed by atoms with E-state index in [1.165, 1.54) is 4.90 Å². The molecular formula is C28H37N5O4. The van der Waals surface area contributed by atoms with E-state index in [2.05, 4.69) is 22.8 Å². The Kier molecular flexibility index (Phi) is 7.73. The zero-order valence-electron chi connectivity index (χ0n) is 22.3. The van der Waals surface area contributed by atoms with Crippen LogP contribution in [0.3, 0.4) is 0 Å². The molecule has 3 aromatic rings. The number of anilines is 2. The van der Waals surface area contributed by atoms with Crippen molar-refractivity contribution < 1.29 is 14.6 Å². The Balaban J connectivity index is 1.78. The Morgan fingerprint density at radius 2 is 1.81 bits per heavy atom. The van der Waals surface area contributed by atoms with Crippen molar-refractivity contribution in [2.45, 2.75) is 46.2 Å². The Morgan fingerprint density at radius 3 is 2.43 bits per heavy atom. The summed E-state index contributed by atoms with van der Waals surface area (Å²) < 4.78 is 7.10. The summed E-state index contributed by atoms with van der Waals surface area (Å²) in [6.45, 7) is 13.1. The lowest BCUT2D eigenvalue weighted by atomic mass is 10.0. The highest BCUT2D eigenvalue weighted by Gasteiger charge is 2.28. The fraction of sp³-hybridized carbons (Fsp3) is 0.464. The molecule has 0 saturated carbocycles. The van der Waals surface area contributed by atoms with Gasteiger partial charge in [-0.1, -0.05) is 18.2 Å². The molecule has 1 aliphatic heterocycles. The normalized spacial score (nSPS) is 15.0. The lowest BCUT2D eigenvalue weighted by Gasteiger charge is -2.38. The lowest BCUT2D eigenvalue weighted by Crippen LogP contribution is -2.48. The highest BCUT2D eigenvalue weighted by molar-refractivity contribution is 5.66. The number of carboxylic acid groups (broad SMARTS) is 1. The largest absolute Gasteiger partial charge is 0.465 e. The number of aromatic nitrogens is 2. The maximum atomic E-state index is 13.2. The summed E-state index contributed by atoms with van der Waals surface area (Å²) in [4.78, 5) is 35.9. The van der Waals surface area contributed by atoms with E-state index in [4.69, 9.17) is 9.72 Å². The molecule has 1 fully saturated rings. The number of hydrogen-bond donors (Lipinski definition) is 1. The van der Waals surface area contributed by atoms with Gasteiger partial charge >= 0.3 is 6.09 Å². The maximum absolute atomic E-state index is 13.2. The molecule has 0 spiro atoms. The van der Waals surface area contributed by atoms with Gasteiger partial charge in [-0.2, -0.15) is 0 Å². The molecule has 9 heteroatoms. The number of fused-ring (bicyclic) bond motifs is 1. The quantitative estimate of drug-likeness (QED) is 0.513. The SMILES string of the molecule is Cc1cc(C(C)N(CCN(C(=O)O)C(C)(C)C)c2ccccc2)c2nc(N3CCOCC3)cc(=O)n2c1. The number of carbonyl (C=O) groups is 1. The Morgan fingerprint density at radius 1 is 1.14 bits per heavy atom. The van der Waals surface area contributed by atoms with Crippen LogP contribution < -0.4 is 15.4 Å². The van der Waals surface area contributed by atoms with Crippen LogP contribution in [0.5, 0.6) is 0 Å². The average molecular weight is 508 g/mol. The molecule has 0 aliphatic carbocycles. The monoisotopic (exact) mass is 507 g/mol. The highest BCUT2D eigenvalue weighted by atomic mass is 16.5. The molecule has 1 saturated heterocycles. The predicted octanol–water partition coefficient (Wildman–Crippen LogP) is 4.19. The molecule has 37 heavy (non-hydrogen) atoms. The highest BCUT2D eigenvalue weighted by Crippen LogP contribution is 2.30. The van der Waals surface area contributed by atoms with Crippen LogP contribution in [-0.2, 0) is 4.74 Å². The van der Waals surface area contributed by atoms with Crippen LogP contribution in [0.4, 0.5) is 16.3 Å². The van der Waals surface area contributed by atoms with Gasteiger partial charge in [0.1, 0.15) is 11.5 Å². The van der Waals surface area contributed by atoms with Gasteiger partial charge in [0.25, 0.3) is 5.56 Å². The van der Waals surface area contributed by atoms with Gasteiger partial charge < -0.3 is 24.5 Å². The summed E-state index contributed by atoms with van der Waals surface area (Å²) in [5.74, 6) is 0.654. The minimum atomic E-state index is -0.947. The van der Waals surface area contributed by atoms with E-state index in [9.17, 15) is 14.7 Å². The number of amides is 1. The molecule has 4 rings (SSSR count). The van der Waals surface area contributed by atoms with E-state index in [0.717, 1.165) is 16.8 Å². The van der Waals surface area contributed by atoms with Crippen LogP contribution in [0.15, 0.2) is 53.5 Å². The van der Waals surface area contributed by atoms with E-state index in [-0.39, 0.29) is 11.6 Å². The van der Waals surface area contributed by atoms with Gasteiger partial charge in [-0.3, -0.25) is 9.20 Å². The number of nitrogens with zero attached hydrogens (tertiary/aromatic N) is 5. The lowest BCUT2D eigenvalue weighted by molar-refractivity contribution is 0.102. The fourth-order valence-electron chi connectivity index (χ4n) is 4.88. The second kappa shape index (κ2) is 10.8. The first-order valence-corrected chi connectivity index (χ1v) is 12.7. The number of para-hydroxylation sites is 1. The van der Waals surface area contributed by atoms with E-state index in [1.54, 1.807) is 10.5 Å². The fourth-order valence-corrected chi connectivity index (χ4v) is 4.88. The minimum Gasteiger partial charge on any atom is -0.465 e. The molecular weight excluding hydrogens is 470 g/mol. The molecule has 1 N–H and O–H groups in total. The first-order chi connectivity index (χ1) is 17.6. The second-order valence-electron chi connectivity index (χ2n) is 10.5. The first kappa shape index (κ1) is 26.5. The number of ether oxygens (including phenoxy) is 1. The van der Waals surface area contributed by atoms with Crippen LogP contribution in [0, 0.1) is 6.92 Å². The van der Waals surface area contributed by atoms with Gasteiger partial charge in [0.15, 0.2) is 0 Å². The number of aryl methyl sites for hydroxylation is 1. The molecule has 198 valence electrons. The summed E-state index contributed by atoms with van der Waals surface area (Å²) in [6, 6.07) is 13.4. The summed E-state index contributed by atoms with van der Waals surface area (Å²) >= 11 is 0. The number of morpholine rings is 1. The zero-order valence-corrected chi connectivity index (χ0v) is 22.3. The number of pyridine rings is 1. The standard InChI is InChI=1S/C28H37N5O4/c1-20-17-23(26-29-24(18-25(34)32(26)19-20)30-13-15-37-16-14-30)21(2)31(22-9-7-6-8-10-22)11-12-33(27(35)36)28(3,4)5/h6-10,17-19,21H,11-16H2,1-5H3,(H,35,36). The molecule has 0 radical (unpaired) electrons. The Hall–Kier alpha value is -3.59. The zero-order chi connectivity index (χ0) is 26.7. The van der Waals surface area contributed by atoms with Crippen molar-refractivity contribution in [3.05, 3.63) is 70.1 Å². The average Bonchev–Trinajstić information content (AvgIpc) is 2.86. The van der Waals surface area contributed by atoms with Crippen molar-refractivity contribution in [2.24, 2.45) is 0 Å². The number of hydrogen-bond acceptors (Lipinski definition) is 6. The summed E-state index contributed by atoms with van der Waals surface area (Å²) in [5, 5.41) is 9.86. The van der Waals surface area contributed by atoms with E-state index >= 15 is 0 Å². The first-order valence-electron chi connectivity index (χ1n) is 12.7. The van der Waals surface area contributed by atoms with Crippen LogP contribution >= 0.6 is 0 Å². The number of rotatable bonds is 7. The molecule has 1 unspecified atom stereocenters. The van der Waals surface area contributed by atoms with Crippen molar-refractivity contribution in [1.29, 1.82) is 0 Å². The van der Waals surface area contributed by atoms with Gasteiger partial charge in [-0.15, -0.1) is 0 Å². The van der Waals surface area contributed by atoms with Gasteiger partial charge in [0.05, 0.1) is 19.3 Å². The molecule has 1 atom stereocenters. The van der Waals surface area contributed by atoms with Gasteiger partial charge in [-0.05, 0) is 58.4 Å². The van der Waals surface area contributed by atoms with Gasteiger partial charge in [0, 0.05) is 55.2 Å². The van der Waals surface area contributed by atoms with Crippen molar-refractivity contribution in [2.75, 3.05) is 49.2 Å². The van der Waals surface area contributed by atoms with Crippen molar-refractivity contribution in [3.8, 4) is 0 Å². The molecule has 9 nitrogen and oxygen atoms in total. The van der Waals surface area contributed by atoms with Crippen LogP contribution in [-0.4, -0.2) is 70.4 Å². The van der Waals surface area contributed by atoms with E-state index in [1.807, 2.05) is 64.2 Å². The third-order valence-electron chi connectivity index (χ3n) is 6.86. The topological polar surface area (TPSA) is 90.6 Å². The second-order valence-corrected chi connectivity index (χ2v) is 10.5. The third-order valence-corrected chi connectivity index (χ3v) is 6.86. The van der Waals surface area contributed by atoms with Crippen LogP contribution in [0.1, 0.15) is 44.9 Å². The van der Waals surface area contributed by atoms with Gasteiger partial charge in [-0.25, -0.2) is 9.78 Å². The summed E-state index contributed by atoms with van der Waals surface area (Å²) in [6.07, 6.45) is 0.875. The molecule has 3 heterocycles.